The Morgan fingerprint density at radius 3 is 3.14 bits per heavy atom. The van der Waals surface area contributed by atoms with E-state index in [0.717, 1.165) is 45.9 Å². The number of likely N-dealkylation sites (N-methyl/N-ethyl adjacent to an activating group) is 1. The van der Waals surface area contributed by atoms with Crippen LogP contribution in [0.15, 0.2) is 0 Å². The Kier molecular flexibility index (Phi) is 6.10. The summed E-state index contributed by atoms with van der Waals surface area (Å²) >= 11 is 0. The first-order chi connectivity index (χ1) is 6.86. The van der Waals surface area contributed by atoms with Gasteiger partial charge in [0.05, 0.1) is 6.61 Å². The summed E-state index contributed by atoms with van der Waals surface area (Å²) in [5.74, 6) is 0. The fourth-order valence-corrected chi connectivity index (χ4v) is 1.82. The molecule has 0 radical (unpaired) electrons. The van der Waals surface area contributed by atoms with E-state index in [9.17, 15) is 0 Å². The second kappa shape index (κ2) is 7.17. The summed E-state index contributed by atoms with van der Waals surface area (Å²) in [4.78, 5) is 2.49. The minimum atomic E-state index is 0.510. The monoisotopic (exact) mass is 201 g/mol. The number of nitrogens with one attached hydrogen (secondary N) is 2. The fraction of sp³-hybridized carbons (Fsp3) is 1.00. The molecule has 0 aromatic rings. The molecule has 1 fully saturated rings. The summed E-state index contributed by atoms with van der Waals surface area (Å²) in [6.45, 7) is 9.62. The van der Waals surface area contributed by atoms with Crippen molar-refractivity contribution in [1.82, 2.24) is 15.5 Å². The highest BCUT2D eigenvalue weighted by Gasteiger charge is 2.17. The van der Waals surface area contributed by atoms with Crippen molar-refractivity contribution in [2.24, 2.45) is 0 Å². The molecular formula is C10H23N3O. The van der Waals surface area contributed by atoms with Gasteiger partial charge in [0, 0.05) is 45.9 Å². The Morgan fingerprint density at radius 2 is 2.43 bits per heavy atom. The molecule has 1 aliphatic heterocycles. The van der Waals surface area contributed by atoms with Gasteiger partial charge < -0.3 is 15.4 Å². The molecule has 84 valence electrons. The molecule has 0 unspecified atom stereocenters. The number of methoxy groups -OCH3 is 1. The highest BCUT2D eigenvalue weighted by atomic mass is 16.5. The molecule has 0 amide bonds. The molecule has 0 aliphatic carbocycles. The van der Waals surface area contributed by atoms with E-state index in [-0.39, 0.29) is 0 Å². The Hall–Kier alpha value is -0.160. The van der Waals surface area contributed by atoms with Crippen LogP contribution in [0.5, 0.6) is 0 Å². The summed E-state index contributed by atoms with van der Waals surface area (Å²) in [5, 5.41) is 6.80. The van der Waals surface area contributed by atoms with Gasteiger partial charge in [0.15, 0.2) is 0 Å². The lowest BCUT2D eigenvalue weighted by atomic mass is 10.2. The van der Waals surface area contributed by atoms with Crippen LogP contribution < -0.4 is 10.6 Å². The van der Waals surface area contributed by atoms with Crippen molar-refractivity contribution in [2.45, 2.75) is 13.0 Å². The smallest absolute Gasteiger partial charge is 0.0628 e. The molecule has 0 saturated carbocycles. The molecule has 1 saturated heterocycles. The minimum Gasteiger partial charge on any atom is -0.383 e. The molecule has 0 spiro atoms. The molecule has 2 N–H and O–H groups in total. The Balaban J connectivity index is 2.12. The fourth-order valence-electron chi connectivity index (χ4n) is 1.82. The number of hydrogen-bond donors (Lipinski definition) is 2. The van der Waals surface area contributed by atoms with Gasteiger partial charge in [-0.25, -0.2) is 0 Å². The van der Waals surface area contributed by atoms with Crippen LogP contribution in [0.3, 0.4) is 0 Å². The molecule has 1 rings (SSSR count). The first-order valence-corrected chi connectivity index (χ1v) is 5.52. The predicted octanol–water partition coefficient (Wildman–Crippen LogP) is -0.484. The number of piperazine rings is 1. The highest BCUT2D eigenvalue weighted by Crippen LogP contribution is 1.98. The molecule has 0 aromatic carbocycles. The molecule has 14 heavy (non-hydrogen) atoms. The first kappa shape index (κ1) is 11.9. The molecule has 4 heteroatoms. The quantitative estimate of drug-likeness (QED) is 0.569. The third-order valence-electron chi connectivity index (χ3n) is 2.56. The third kappa shape index (κ3) is 4.37. The van der Waals surface area contributed by atoms with E-state index in [1.165, 1.54) is 0 Å². The van der Waals surface area contributed by atoms with E-state index >= 15 is 0 Å². The third-order valence-corrected chi connectivity index (χ3v) is 2.56. The van der Waals surface area contributed by atoms with Crippen LogP contribution in [0.2, 0.25) is 0 Å². The predicted molar refractivity (Wildman–Crippen MR) is 58.7 cm³/mol. The Morgan fingerprint density at radius 1 is 1.57 bits per heavy atom. The van der Waals surface area contributed by atoms with E-state index < -0.39 is 0 Å². The van der Waals surface area contributed by atoms with Gasteiger partial charge in [-0.1, -0.05) is 6.92 Å². The van der Waals surface area contributed by atoms with Gasteiger partial charge in [-0.05, 0) is 6.54 Å². The van der Waals surface area contributed by atoms with Gasteiger partial charge in [0.1, 0.15) is 0 Å². The second-order valence-electron chi connectivity index (χ2n) is 3.76. The van der Waals surface area contributed by atoms with Gasteiger partial charge in [0.25, 0.3) is 0 Å². The van der Waals surface area contributed by atoms with Gasteiger partial charge in [0.2, 0.25) is 0 Å². The number of hydrogen-bond acceptors (Lipinski definition) is 4. The van der Waals surface area contributed by atoms with Crippen molar-refractivity contribution in [2.75, 3.05) is 53.0 Å². The number of nitrogens with zero attached hydrogens (tertiary/aromatic N) is 1. The number of ether oxygens (including phenoxy) is 1. The molecule has 0 bridgehead atoms. The van der Waals surface area contributed by atoms with Crippen LogP contribution in [0.1, 0.15) is 6.92 Å². The molecule has 1 aliphatic rings. The zero-order valence-electron chi connectivity index (χ0n) is 9.38. The molecule has 4 nitrogen and oxygen atoms in total. The maximum atomic E-state index is 5.15. The van der Waals surface area contributed by atoms with Crippen molar-refractivity contribution in [3.63, 3.8) is 0 Å². The lowest BCUT2D eigenvalue weighted by Crippen LogP contribution is -2.53. The SMILES string of the molecule is CCNCCN1CCN[C@@H](COC)C1. The van der Waals surface area contributed by atoms with Crippen molar-refractivity contribution in [3.8, 4) is 0 Å². The van der Waals surface area contributed by atoms with E-state index in [0.29, 0.717) is 6.04 Å². The summed E-state index contributed by atoms with van der Waals surface area (Å²) in [7, 11) is 1.76. The van der Waals surface area contributed by atoms with Crippen LogP contribution in [0.25, 0.3) is 0 Å². The molecule has 1 heterocycles. The molecule has 1 atom stereocenters. The molecule has 0 aromatic heterocycles. The van der Waals surface area contributed by atoms with Crippen molar-refractivity contribution in [1.29, 1.82) is 0 Å². The standard InChI is InChI=1S/C10H23N3O/c1-3-11-4-6-13-7-5-12-10(8-13)9-14-2/h10-12H,3-9H2,1-2H3/t10-/m1/s1. The van der Waals surface area contributed by atoms with E-state index in [4.69, 9.17) is 4.74 Å². The maximum Gasteiger partial charge on any atom is 0.0628 e. The Labute approximate surface area is 87.0 Å². The molecular weight excluding hydrogens is 178 g/mol. The first-order valence-electron chi connectivity index (χ1n) is 5.52. The van der Waals surface area contributed by atoms with E-state index in [1.807, 2.05) is 0 Å². The average Bonchev–Trinajstić information content (AvgIpc) is 2.19. The minimum absolute atomic E-state index is 0.510. The topological polar surface area (TPSA) is 36.5 Å². The van der Waals surface area contributed by atoms with Crippen LogP contribution >= 0.6 is 0 Å². The van der Waals surface area contributed by atoms with Gasteiger partial charge in [-0.2, -0.15) is 0 Å². The second-order valence-corrected chi connectivity index (χ2v) is 3.76. The van der Waals surface area contributed by atoms with Crippen LogP contribution in [-0.2, 0) is 4.74 Å². The van der Waals surface area contributed by atoms with Gasteiger partial charge in [-0.15, -0.1) is 0 Å². The van der Waals surface area contributed by atoms with Crippen molar-refractivity contribution >= 4 is 0 Å². The van der Waals surface area contributed by atoms with E-state index in [2.05, 4.69) is 22.5 Å². The average molecular weight is 201 g/mol. The van der Waals surface area contributed by atoms with Crippen LogP contribution in [0, 0.1) is 0 Å². The lowest BCUT2D eigenvalue weighted by molar-refractivity contribution is 0.116. The van der Waals surface area contributed by atoms with Gasteiger partial charge in [-0.3, -0.25) is 4.90 Å². The Bertz CT molecular complexity index is 141. The summed E-state index contributed by atoms with van der Waals surface area (Å²) in [5.41, 5.74) is 0. The zero-order valence-corrected chi connectivity index (χ0v) is 9.38. The largest absolute Gasteiger partial charge is 0.383 e. The lowest BCUT2D eigenvalue weighted by Gasteiger charge is -2.33. The van der Waals surface area contributed by atoms with Crippen molar-refractivity contribution < 1.29 is 4.74 Å². The summed E-state index contributed by atoms with van der Waals surface area (Å²) in [6, 6.07) is 0.510. The van der Waals surface area contributed by atoms with Gasteiger partial charge >= 0.3 is 0 Å². The van der Waals surface area contributed by atoms with Crippen LogP contribution in [0.4, 0.5) is 0 Å². The summed E-state index contributed by atoms with van der Waals surface area (Å²) in [6.07, 6.45) is 0. The van der Waals surface area contributed by atoms with Crippen molar-refractivity contribution in [3.05, 3.63) is 0 Å². The summed E-state index contributed by atoms with van der Waals surface area (Å²) < 4.78 is 5.15. The zero-order chi connectivity index (χ0) is 10.2. The normalized spacial score (nSPS) is 24.0. The van der Waals surface area contributed by atoms with E-state index in [1.54, 1.807) is 7.11 Å². The van der Waals surface area contributed by atoms with Crippen LogP contribution in [-0.4, -0.2) is 63.9 Å². The number of rotatable bonds is 6. The maximum absolute atomic E-state index is 5.15. The highest BCUT2D eigenvalue weighted by molar-refractivity contribution is 4.78.